The fraction of sp³-hybridized carbons (Fsp3) is 0.727. The second-order valence-corrected chi connectivity index (χ2v) is 4.27. The summed E-state index contributed by atoms with van der Waals surface area (Å²) >= 11 is 0. The maximum Gasteiger partial charge on any atom is 0.323 e. The molecule has 0 radical (unpaired) electrons. The van der Waals surface area contributed by atoms with E-state index < -0.39 is 12.0 Å². The molecule has 0 aliphatic heterocycles. The highest BCUT2D eigenvalue weighted by atomic mass is 16.5. The van der Waals surface area contributed by atoms with Gasteiger partial charge in [0.25, 0.3) is 0 Å². The molecule has 0 heterocycles. The molecular formula is C11H21NO3. The Kier molecular flexibility index (Phi) is 6.20. The molecule has 0 unspecified atom stereocenters. The van der Waals surface area contributed by atoms with Gasteiger partial charge in [-0.15, -0.1) is 0 Å². The first-order valence-electron chi connectivity index (χ1n) is 5.04. The smallest absolute Gasteiger partial charge is 0.323 e. The molecule has 0 spiro atoms. The molecule has 4 heteroatoms. The lowest BCUT2D eigenvalue weighted by molar-refractivity contribution is -0.144. The minimum absolute atomic E-state index is 0.201. The van der Waals surface area contributed by atoms with Crippen LogP contribution in [0.4, 0.5) is 0 Å². The van der Waals surface area contributed by atoms with Crippen LogP contribution in [-0.4, -0.2) is 30.8 Å². The third-order valence-corrected chi connectivity index (χ3v) is 1.61. The molecule has 0 saturated carbocycles. The van der Waals surface area contributed by atoms with E-state index in [-0.39, 0.29) is 12.2 Å². The Labute approximate surface area is 91.4 Å². The molecule has 0 saturated heterocycles. The number of carbonyl (C=O) groups excluding carboxylic acids is 1. The second kappa shape index (κ2) is 6.58. The van der Waals surface area contributed by atoms with Crippen LogP contribution in [-0.2, 0) is 14.3 Å². The molecule has 0 rings (SSSR count). The van der Waals surface area contributed by atoms with Crippen LogP contribution in [0.2, 0.25) is 0 Å². The maximum absolute atomic E-state index is 11.2. The molecule has 0 aliphatic rings. The highest BCUT2D eigenvalue weighted by molar-refractivity contribution is 5.75. The lowest BCUT2D eigenvalue weighted by Gasteiger charge is -2.20. The molecule has 4 nitrogen and oxygen atoms in total. The zero-order valence-electron chi connectivity index (χ0n) is 9.79. The van der Waals surface area contributed by atoms with E-state index in [1.165, 1.54) is 6.08 Å². The topological polar surface area (TPSA) is 61.5 Å². The fourth-order valence-electron chi connectivity index (χ4n) is 0.858. The third-order valence-electron chi connectivity index (χ3n) is 1.61. The van der Waals surface area contributed by atoms with Gasteiger partial charge in [-0.3, -0.25) is 4.79 Å². The van der Waals surface area contributed by atoms with Gasteiger partial charge in [-0.2, -0.15) is 0 Å². The number of rotatable bonds is 6. The molecule has 15 heavy (non-hydrogen) atoms. The van der Waals surface area contributed by atoms with Gasteiger partial charge in [-0.25, -0.2) is 0 Å². The number of esters is 1. The summed E-state index contributed by atoms with van der Waals surface area (Å²) in [5.41, 5.74) is 5.39. The van der Waals surface area contributed by atoms with Crippen molar-refractivity contribution in [2.24, 2.45) is 5.73 Å². The molecule has 0 bridgehead atoms. The Morgan fingerprint density at radius 3 is 2.60 bits per heavy atom. The van der Waals surface area contributed by atoms with E-state index in [1.807, 2.05) is 20.8 Å². The predicted octanol–water partition coefficient (Wildman–Crippen LogP) is 1.25. The summed E-state index contributed by atoms with van der Waals surface area (Å²) in [4.78, 5) is 11.2. The van der Waals surface area contributed by atoms with Crippen LogP contribution < -0.4 is 5.73 Å². The number of carbonyl (C=O) groups is 1. The number of hydrogen-bond acceptors (Lipinski definition) is 4. The molecule has 0 aromatic carbocycles. The Balaban J connectivity index is 3.68. The molecule has 1 atom stereocenters. The highest BCUT2D eigenvalue weighted by Gasteiger charge is 2.16. The lowest BCUT2D eigenvalue weighted by Crippen LogP contribution is -2.34. The first-order valence-corrected chi connectivity index (χ1v) is 5.04. The molecule has 0 fully saturated rings. The van der Waals surface area contributed by atoms with Crippen LogP contribution in [0.15, 0.2) is 12.7 Å². The Morgan fingerprint density at radius 2 is 2.13 bits per heavy atom. The van der Waals surface area contributed by atoms with Crippen molar-refractivity contribution in [3.8, 4) is 0 Å². The molecule has 0 amide bonds. The predicted molar refractivity (Wildman–Crippen MR) is 59.5 cm³/mol. The molecular weight excluding hydrogens is 194 g/mol. The summed E-state index contributed by atoms with van der Waals surface area (Å²) in [7, 11) is 0. The van der Waals surface area contributed by atoms with Crippen LogP contribution >= 0.6 is 0 Å². The van der Waals surface area contributed by atoms with Crippen molar-refractivity contribution >= 4 is 5.97 Å². The minimum atomic E-state index is -0.618. The number of nitrogens with two attached hydrogens (primary N) is 1. The normalized spacial score (nSPS) is 13.3. The fourth-order valence-corrected chi connectivity index (χ4v) is 0.858. The summed E-state index contributed by atoms with van der Waals surface area (Å²) in [5, 5.41) is 0. The SMILES string of the molecule is C=CCOC(=O)[C@@H](N)CCOC(C)(C)C. The van der Waals surface area contributed by atoms with Crippen LogP contribution in [0.25, 0.3) is 0 Å². The van der Waals surface area contributed by atoms with Gasteiger partial charge in [-0.05, 0) is 27.2 Å². The van der Waals surface area contributed by atoms with E-state index >= 15 is 0 Å². The van der Waals surface area contributed by atoms with E-state index in [1.54, 1.807) is 0 Å². The Hall–Kier alpha value is -0.870. The standard InChI is InChI=1S/C11H21NO3/c1-5-7-14-10(13)9(12)6-8-15-11(2,3)4/h5,9H,1,6-8,12H2,2-4H3/t9-/m0/s1. The summed E-state index contributed by atoms with van der Waals surface area (Å²) in [6, 6.07) is -0.618. The first kappa shape index (κ1) is 14.1. The maximum atomic E-state index is 11.2. The van der Waals surface area contributed by atoms with E-state index in [0.29, 0.717) is 13.0 Å². The molecule has 0 aromatic rings. The van der Waals surface area contributed by atoms with Crippen molar-refractivity contribution < 1.29 is 14.3 Å². The highest BCUT2D eigenvalue weighted by Crippen LogP contribution is 2.07. The van der Waals surface area contributed by atoms with Crippen LogP contribution in [0.1, 0.15) is 27.2 Å². The van der Waals surface area contributed by atoms with Crippen molar-refractivity contribution in [3.63, 3.8) is 0 Å². The van der Waals surface area contributed by atoms with Crippen molar-refractivity contribution in [1.29, 1.82) is 0 Å². The summed E-state index contributed by atoms with van der Waals surface area (Å²) in [6.07, 6.45) is 1.98. The van der Waals surface area contributed by atoms with Crippen LogP contribution in [0.5, 0.6) is 0 Å². The van der Waals surface area contributed by atoms with Gasteiger partial charge in [0.1, 0.15) is 12.6 Å². The lowest BCUT2D eigenvalue weighted by atomic mass is 10.2. The minimum Gasteiger partial charge on any atom is -0.460 e. The van der Waals surface area contributed by atoms with Gasteiger partial charge in [0.05, 0.1) is 5.60 Å². The van der Waals surface area contributed by atoms with E-state index in [2.05, 4.69) is 6.58 Å². The van der Waals surface area contributed by atoms with Crippen LogP contribution in [0.3, 0.4) is 0 Å². The zero-order chi connectivity index (χ0) is 11.9. The summed E-state index contributed by atoms with van der Waals surface area (Å²) in [5.74, 6) is -0.410. The molecule has 0 aliphatic carbocycles. The third kappa shape index (κ3) is 8.15. The molecule has 0 aromatic heterocycles. The van der Waals surface area contributed by atoms with Crippen molar-refractivity contribution in [2.75, 3.05) is 13.2 Å². The number of hydrogen-bond donors (Lipinski definition) is 1. The Bertz CT molecular complexity index is 208. The summed E-state index contributed by atoms with van der Waals surface area (Å²) in [6.45, 7) is 9.96. The monoisotopic (exact) mass is 215 g/mol. The van der Waals surface area contributed by atoms with Crippen molar-refractivity contribution in [2.45, 2.75) is 38.8 Å². The van der Waals surface area contributed by atoms with Gasteiger partial charge >= 0.3 is 5.97 Å². The molecule has 2 N–H and O–H groups in total. The van der Waals surface area contributed by atoms with E-state index in [0.717, 1.165) is 0 Å². The molecule has 88 valence electrons. The average molecular weight is 215 g/mol. The van der Waals surface area contributed by atoms with E-state index in [4.69, 9.17) is 15.2 Å². The second-order valence-electron chi connectivity index (χ2n) is 4.27. The van der Waals surface area contributed by atoms with Crippen molar-refractivity contribution in [1.82, 2.24) is 0 Å². The zero-order valence-corrected chi connectivity index (χ0v) is 9.79. The quantitative estimate of drug-likeness (QED) is 0.535. The van der Waals surface area contributed by atoms with Gasteiger partial charge in [-0.1, -0.05) is 12.7 Å². The van der Waals surface area contributed by atoms with Crippen molar-refractivity contribution in [3.05, 3.63) is 12.7 Å². The van der Waals surface area contributed by atoms with Gasteiger partial charge < -0.3 is 15.2 Å². The first-order chi connectivity index (χ1) is 6.87. The Morgan fingerprint density at radius 1 is 1.53 bits per heavy atom. The van der Waals surface area contributed by atoms with Gasteiger partial charge in [0, 0.05) is 6.61 Å². The van der Waals surface area contributed by atoms with Gasteiger partial charge in [0.2, 0.25) is 0 Å². The van der Waals surface area contributed by atoms with Crippen LogP contribution in [0, 0.1) is 0 Å². The summed E-state index contributed by atoms with van der Waals surface area (Å²) < 4.78 is 10.2. The number of ether oxygens (including phenoxy) is 2. The average Bonchev–Trinajstić information content (AvgIpc) is 2.11. The largest absolute Gasteiger partial charge is 0.460 e. The van der Waals surface area contributed by atoms with Gasteiger partial charge in [0.15, 0.2) is 0 Å². The van der Waals surface area contributed by atoms with E-state index in [9.17, 15) is 4.79 Å².